The number of nitrogens with zero attached hydrogens (tertiary/aromatic N) is 1. The van der Waals surface area contributed by atoms with Crippen LogP contribution in [0.15, 0.2) is 21.9 Å². The van der Waals surface area contributed by atoms with Gasteiger partial charge in [0.25, 0.3) is 5.56 Å². The van der Waals surface area contributed by atoms with Crippen molar-refractivity contribution in [3.63, 3.8) is 0 Å². The van der Waals surface area contributed by atoms with Crippen LogP contribution in [0.3, 0.4) is 0 Å². The van der Waals surface area contributed by atoms with E-state index in [-0.39, 0.29) is 0 Å². The van der Waals surface area contributed by atoms with Gasteiger partial charge in [0.1, 0.15) is 18.9 Å². The van der Waals surface area contributed by atoms with Crippen molar-refractivity contribution in [1.29, 1.82) is 0 Å². The Balaban J connectivity index is 2.53. The summed E-state index contributed by atoms with van der Waals surface area (Å²) in [7, 11) is 0. The maximum absolute atomic E-state index is 12.3. The molecule has 4 atom stereocenters. The quantitative estimate of drug-likeness (QED) is 0.466. The summed E-state index contributed by atoms with van der Waals surface area (Å²) in [6.07, 6.45) is -2.73. The molecule has 0 amide bonds. The van der Waals surface area contributed by atoms with Crippen molar-refractivity contribution in [2.45, 2.75) is 23.3 Å². The van der Waals surface area contributed by atoms with Gasteiger partial charge in [-0.1, -0.05) is 23.4 Å². The lowest BCUT2D eigenvalue weighted by Gasteiger charge is -2.25. The first kappa shape index (κ1) is 15.7. The second-order valence-electron chi connectivity index (χ2n) is 4.38. The minimum absolute atomic E-state index is 0.568. The van der Waals surface area contributed by atoms with Crippen LogP contribution >= 0.6 is 11.6 Å². The molecular weight excluding hydrogens is 307 g/mol. The average molecular weight is 319 g/mol. The molecule has 0 radical (unpaired) electrons. The van der Waals surface area contributed by atoms with Crippen LogP contribution in [0.1, 0.15) is 6.23 Å². The summed E-state index contributed by atoms with van der Waals surface area (Å²) in [5.74, 6) is 4.39. The van der Waals surface area contributed by atoms with Gasteiger partial charge in [0.05, 0.1) is 6.61 Å². The zero-order chi connectivity index (χ0) is 15.6. The molecule has 7 nitrogen and oxygen atoms in total. The molecule has 1 aliphatic rings. The van der Waals surface area contributed by atoms with Crippen LogP contribution in [0.25, 0.3) is 0 Å². The van der Waals surface area contributed by atoms with Crippen molar-refractivity contribution in [3.05, 3.63) is 33.1 Å². The lowest BCUT2D eigenvalue weighted by molar-refractivity contribution is -0.0464. The zero-order valence-corrected chi connectivity index (χ0v) is 11.4. The summed E-state index contributed by atoms with van der Waals surface area (Å²) in [5, 5.41) is 19.2. The smallest absolute Gasteiger partial charge is 0.330 e. The minimum Gasteiger partial charge on any atom is -0.394 e. The van der Waals surface area contributed by atoms with Crippen molar-refractivity contribution < 1.29 is 19.3 Å². The fraction of sp³-hybridized carbons (Fsp3) is 0.500. The Hall–Kier alpha value is -1.66. The van der Waals surface area contributed by atoms with Gasteiger partial charge in [0, 0.05) is 12.3 Å². The Morgan fingerprint density at radius 2 is 2.29 bits per heavy atom. The van der Waals surface area contributed by atoms with Crippen molar-refractivity contribution in [2.24, 2.45) is 0 Å². The summed E-state index contributed by atoms with van der Waals surface area (Å²) in [5.41, 5.74) is -1.45. The van der Waals surface area contributed by atoms with Crippen LogP contribution in [0.4, 0.5) is 4.39 Å². The largest absolute Gasteiger partial charge is 0.394 e. The third kappa shape index (κ3) is 2.73. The summed E-state index contributed by atoms with van der Waals surface area (Å²) < 4.78 is 18.5. The molecule has 0 bridgehead atoms. The van der Waals surface area contributed by atoms with E-state index < -0.39 is 47.8 Å². The van der Waals surface area contributed by atoms with Crippen molar-refractivity contribution in [2.75, 3.05) is 13.3 Å². The fourth-order valence-electron chi connectivity index (χ4n) is 2.08. The number of hydrogen-bond donors (Lipinski definition) is 3. The van der Waals surface area contributed by atoms with Gasteiger partial charge in [-0.25, -0.2) is 9.18 Å². The molecule has 0 saturated carbocycles. The third-order valence-corrected chi connectivity index (χ3v) is 3.58. The molecule has 3 unspecified atom stereocenters. The second-order valence-corrected chi connectivity index (χ2v) is 5.00. The van der Waals surface area contributed by atoms with Crippen LogP contribution in [-0.4, -0.2) is 50.1 Å². The molecule has 1 aromatic rings. The highest BCUT2D eigenvalue weighted by Gasteiger charge is 2.55. The summed E-state index contributed by atoms with van der Waals surface area (Å²) in [4.78, 5) is 23.0. The summed E-state index contributed by atoms with van der Waals surface area (Å²) >= 11 is 6.21. The van der Waals surface area contributed by atoms with E-state index in [1.54, 1.807) is 0 Å². The number of aliphatic hydroxyl groups excluding tert-OH is 2. The van der Waals surface area contributed by atoms with E-state index in [0.717, 1.165) is 16.8 Å². The number of halogens is 2. The van der Waals surface area contributed by atoms with E-state index in [4.69, 9.17) is 21.4 Å². The topological polar surface area (TPSA) is 105 Å². The van der Waals surface area contributed by atoms with Gasteiger partial charge >= 0.3 is 5.69 Å². The van der Waals surface area contributed by atoms with E-state index >= 15 is 0 Å². The van der Waals surface area contributed by atoms with Gasteiger partial charge < -0.3 is 14.9 Å². The van der Waals surface area contributed by atoms with Crippen molar-refractivity contribution >= 4 is 11.6 Å². The van der Waals surface area contributed by atoms with Gasteiger partial charge in [-0.15, -0.1) is 0 Å². The lowest BCUT2D eigenvalue weighted by Crippen LogP contribution is -2.44. The molecule has 2 heterocycles. The van der Waals surface area contributed by atoms with Gasteiger partial charge in [-0.3, -0.25) is 14.3 Å². The number of aromatic nitrogens is 2. The third-order valence-electron chi connectivity index (χ3n) is 3.08. The van der Waals surface area contributed by atoms with Crippen molar-refractivity contribution in [3.8, 4) is 11.8 Å². The lowest BCUT2D eigenvalue weighted by atomic mass is 9.99. The predicted octanol–water partition coefficient (Wildman–Crippen LogP) is -1.26. The van der Waals surface area contributed by atoms with E-state index in [1.165, 1.54) is 0 Å². The molecule has 1 fully saturated rings. The molecule has 2 rings (SSSR count). The normalized spacial score (nSPS) is 31.7. The zero-order valence-electron chi connectivity index (χ0n) is 10.6. The monoisotopic (exact) mass is 318 g/mol. The van der Waals surface area contributed by atoms with Crippen LogP contribution in [0.2, 0.25) is 0 Å². The van der Waals surface area contributed by atoms with Crippen LogP contribution in [0.5, 0.6) is 0 Å². The number of nitrogens with one attached hydrogen (secondary N) is 1. The first-order valence-corrected chi connectivity index (χ1v) is 6.32. The highest BCUT2D eigenvalue weighted by Crippen LogP contribution is 2.42. The van der Waals surface area contributed by atoms with Crippen LogP contribution < -0.4 is 11.2 Å². The Morgan fingerprint density at radius 1 is 1.57 bits per heavy atom. The molecule has 0 aromatic carbocycles. The van der Waals surface area contributed by atoms with Gasteiger partial charge in [0.2, 0.25) is 0 Å². The highest BCUT2D eigenvalue weighted by atomic mass is 35.5. The highest BCUT2D eigenvalue weighted by molar-refractivity contribution is 6.27. The predicted molar refractivity (Wildman–Crippen MR) is 70.7 cm³/mol. The van der Waals surface area contributed by atoms with Crippen LogP contribution in [0, 0.1) is 11.8 Å². The number of aromatic amines is 1. The van der Waals surface area contributed by atoms with E-state index in [2.05, 4.69) is 11.8 Å². The van der Waals surface area contributed by atoms with Crippen LogP contribution in [-0.2, 0) is 4.74 Å². The number of H-pyrrole nitrogens is 1. The van der Waals surface area contributed by atoms with E-state index in [1.807, 2.05) is 4.98 Å². The summed E-state index contributed by atoms with van der Waals surface area (Å²) in [6, 6.07) is 1.06. The summed E-state index contributed by atoms with van der Waals surface area (Å²) in [6.45, 7) is -1.57. The number of alkyl halides is 2. The molecule has 0 aliphatic carbocycles. The standard InChI is InChI=1S/C12H12ClFN2O5/c13-12(3-1-4-14)9(19)7(6-17)21-10(12)16-5-2-8(18)15-11(16)20/h2,5,7,9-10,17,19H,4,6H2,(H,15,18,20)/t7?,9-,10?,12?/m0/s1. The second kappa shape index (κ2) is 5.99. The molecule has 1 aliphatic heterocycles. The van der Waals surface area contributed by atoms with Gasteiger partial charge in [0.15, 0.2) is 11.1 Å². The first-order chi connectivity index (χ1) is 9.93. The van der Waals surface area contributed by atoms with Crippen molar-refractivity contribution in [1.82, 2.24) is 9.55 Å². The molecule has 1 aromatic heterocycles. The maximum atomic E-state index is 12.3. The molecule has 0 spiro atoms. The molecule has 3 N–H and O–H groups in total. The average Bonchev–Trinajstić information content (AvgIpc) is 2.70. The Morgan fingerprint density at radius 3 is 2.86 bits per heavy atom. The Bertz CT molecular complexity index is 693. The molecule has 114 valence electrons. The first-order valence-electron chi connectivity index (χ1n) is 5.94. The maximum Gasteiger partial charge on any atom is 0.330 e. The van der Waals surface area contributed by atoms with Gasteiger partial charge in [-0.2, -0.15) is 0 Å². The molecule has 9 heteroatoms. The van der Waals surface area contributed by atoms with E-state index in [0.29, 0.717) is 0 Å². The van der Waals surface area contributed by atoms with E-state index in [9.17, 15) is 19.1 Å². The molecular formula is C12H12ClFN2O5. The van der Waals surface area contributed by atoms with Gasteiger partial charge in [-0.05, 0) is 0 Å². The number of hydrogen-bond acceptors (Lipinski definition) is 5. The fourth-order valence-corrected chi connectivity index (χ4v) is 2.45. The SMILES string of the molecule is O=c1ccn(C2OC(CO)[C@H](O)C2(Cl)C#CCF)c(=O)[nH]1. The minimum atomic E-state index is -1.83. The molecule has 21 heavy (non-hydrogen) atoms. The Labute approximate surface area is 122 Å². The molecule has 1 saturated heterocycles. The number of ether oxygens (including phenoxy) is 1. The number of aliphatic hydroxyl groups is 2. The number of rotatable bonds is 2. The Kier molecular flexibility index (Phi) is 4.49.